The fraction of sp³-hybridized carbons (Fsp3) is 0.333. The molecule has 1 amide bonds. The number of ether oxygens (including phenoxy) is 1. The molecule has 30 heavy (non-hydrogen) atoms. The summed E-state index contributed by atoms with van der Waals surface area (Å²) >= 11 is 0. The molecule has 1 fully saturated rings. The van der Waals surface area contributed by atoms with Crippen LogP contribution in [-0.2, 0) is 14.8 Å². The average molecular weight is 434 g/mol. The van der Waals surface area contributed by atoms with Gasteiger partial charge in [0.15, 0.2) is 5.78 Å². The second-order valence-electron chi connectivity index (χ2n) is 7.10. The van der Waals surface area contributed by atoms with Gasteiger partial charge >= 0.3 is 0 Å². The zero-order chi connectivity index (χ0) is 21.9. The smallest absolute Gasteiger partial charge is 0.246 e. The molecule has 2 aromatic carbocycles. The van der Waals surface area contributed by atoms with Crippen molar-refractivity contribution in [2.75, 3.05) is 25.5 Å². The number of amides is 1. The van der Waals surface area contributed by atoms with Gasteiger partial charge in [0.25, 0.3) is 0 Å². The minimum Gasteiger partial charge on any atom is -0.495 e. The Balaban J connectivity index is 1.67. The van der Waals surface area contributed by atoms with E-state index in [4.69, 9.17) is 4.74 Å². The van der Waals surface area contributed by atoms with Gasteiger partial charge in [-0.3, -0.25) is 9.59 Å². The Hall–Kier alpha value is -2.78. The normalized spacial score (nSPS) is 15.6. The van der Waals surface area contributed by atoms with Crippen molar-refractivity contribution >= 4 is 27.4 Å². The molecular formula is C21H23FN2O5S. The fourth-order valence-electron chi connectivity index (χ4n) is 3.41. The molecule has 0 saturated carbocycles. The van der Waals surface area contributed by atoms with Crippen molar-refractivity contribution in [1.29, 1.82) is 0 Å². The Morgan fingerprint density at radius 2 is 1.83 bits per heavy atom. The maximum absolute atomic E-state index is 13.6. The van der Waals surface area contributed by atoms with Crippen molar-refractivity contribution in [3.63, 3.8) is 0 Å². The lowest BCUT2D eigenvalue weighted by atomic mass is 9.97. The van der Waals surface area contributed by atoms with Crippen LogP contribution in [0.15, 0.2) is 47.4 Å². The molecule has 2 aromatic rings. The summed E-state index contributed by atoms with van der Waals surface area (Å²) in [5, 5.41) is 2.79. The minimum atomic E-state index is -3.95. The third-order valence-corrected chi connectivity index (χ3v) is 7.02. The van der Waals surface area contributed by atoms with Crippen molar-refractivity contribution in [2.45, 2.75) is 24.7 Å². The number of Topliss-reactive ketones (excluding diaryl/α,β-unsaturated/α-hetero) is 1. The molecule has 0 aliphatic carbocycles. The number of sulfonamides is 1. The van der Waals surface area contributed by atoms with Crippen LogP contribution in [0.2, 0.25) is 0 Å². The molecule has 9 heteroatoms. The van der Waals surface area contributed by atoms with Gasteiger partial charge in [-0.05, 0) is 50.1 Å². The predicted molar refractivity (Wildman–Crippen MR) is 110 cm³/mol. The second-order valence-corrected chi connectivity index (χ2v) is 9.01. The van der Waals surface area contributed by atoms with E-state index in [1.54, 1.807) is 24.3 Å². The first kappa shape index (κ1) is 21.9. The lowest BCUT2D eigenvalue weighted by Gasteiger charge is -2.30. The number of ketones is 1. The second kappa shape index (κ2) is 8.93. The number of hydrogen-bond acceptors (Lipinski definition) is 5. The molecule has 0 bridgehead atoms. The van der Waals surface area contributed by atoms with Crippen molar-refractivity contribution in [3.05, 3.63) is 53.8 Å². The highest BCUT2D eigenvalue weighted by Crippen LogP contribution is 2.30. The quantitative estimate of drug-likeness (QED) is 0.706. The lowest BCUT2D eigenvalue weighted by molar-refractivity contribution is -0.120. The average Bonchev–Trinajstić information content (AvgIpc) is 2.74. The number of carbonyl (C=O) groups is 2. The SMILES string of the molecule is COc1ccc(F)cc1S(=O)(=O)N1CCC(C(=O)Nc2cccc(C(C)=O)c2)CC1. The van der Waals surface area contributed by atoms with Crippen LogP contribution < -0.4 is 10.1 Å². The zero-order valence-electron chi connectivity index (χ0n) is 16.7. The van der Waals surface area contributed by atoms with Gasteiger partial charge in [-0.15, -0.1) is 0 Å². The number of benzene rings is 2. The molecule has 1 aliphatic heterocycles. The highest BCUT2D eigenvalue weighted by Gasteiger charge is 2.34. The van der Waals surface area contributed by atoms with E-state index in [9.17, 15) is 22.4 Å². The summed E-state index contributed by atoms with van der Waals surface area (Å²) in [6.07, 6.45) is 0.657. The number of halogens is 1. The number of nitrogens with one attached hydrogen (secondary N) is 1. The van der Waals surface area contributed by atoms with Gasteiger partial charge < -0.3 is 10.1 Å². The van der Waals surface area contributed by atoms with E-state index < -0.39 is 15.8 Å². The van der Waals surface area contributed by atoms with Crippen molar-refractivity contribution < 1.29 is 27.1 Å². The molecule has 1 heterocycles. The van der Waals surface area contributed by atoms with Gasteiger partial charge in [0.1, 0.15) is 16.5 Å². The molecule has 0 unspecified atom stereocenters. The highest BCUT2D eigenvalue weighted by molar-refractivity contribution is 7.89. The zero-order valence-corrected chi connectivity index (χ0v) is 17.5. The van der Waals surface area contributed by atoms with E-state index in [0.717, 1.165) is 12.1 Å². The largest absolute Gasteiger partial charge is 0.495 e. The molecule has 1 aliphatic rings. The first-order valence-corrected chi connectivity index (χ1v) is 10.9. The van der Waals surface area contributed by atoms with E-state index in [1.165, 1.54) is 24.4 Å². The van der Waals surface area contributed by atoms with Crippen molar-refractivity contribution in [1.82, 2.24) is 4.31 Å². The Kier molecular flexibility index (Phi) is 6.52. The number of rotatable bonds is 6. The first-order valence-electron chi connectivity index (χ1n) is 9.48. The lowest BCUT2D eigenvalue weighted by Crippen LogP contribution is -2.41. The number of methoxy groups -OCH3 is 1. The molecule has 0 spiro atoms. The summed E-state index contributed by atoms with van der Waals surface area (Å²) in [5.74, 6) is -1.29. The molecular weight excluding hydrogens is 411 g/mol. The minimum absolute atomic E-state index is 0.0709. The van der Waals surface area contributed by atoms with Gasteiger partial charge in [0.05, 0.1) is 7.11 Å². The highest BCUT2D eigenvalue weighted by atomic mass is 32.2. The van der Waals surface area contributed by atoms with Crippen molar-refractivity contribution in [2.24, 2.45) is 5.92 Å². The van der Waals surface area contributed by atoms with Crippen LogP contribution in [0, 0.1) is 11.7 Å². The monoisotopic (exact) mass is 434 g/mol. The summed E-state index contributed by atoms with van der Waals surface area (Å²) < 4.78 is 45.8. The summed E-state index contributed by atoms with van der Waals surface area (Å²) in [6.45, 7) is 1.71. The topological polar surface area (TPSA) is 92.8 Å². The van der Waals surface area contributed by atoms with Crippen LogP contribution in [0.4, 0.5) is 10.1 Å². The molecule has 160 valence electrons. The van der Waals surface area contributed by atoms with Gasteiger partial charge in [-0.1, -0.05) is 12.1 Å². The Morgan fingerprint density at radius 1 is 1.13 bits per heavy atom. The van der Waals surface area contributed by atoms with E-state index in [2.05, 4.69) is 5.32 Å². The first-order chi connectivity index (χ1) is 14.2. The van der Waals surface area contributed by atoms with Gasteiger partial charge in [-0.2, -0.15) is 4.31 Å². The Labute approximate surface area is 174 Å². The van der Waals surface area contributed by atoms with E-state index >= 15 is 0 Å². The van der Waals surface area contributed by atoms with Crippen LogP contribution >= 0.6 is 0 Å². The molecule has 0 radical (unpaired) electrons. The van der Waals surface area contributed by atoms with Crippen LogP contribution in [0.1, 0.15) is 30.1 Å². The fourth-order valence-corrected chi connectivity index (χ4v) is 5.05. The molecule has 3 rings (SSSR count). The summed E-state index contributed by atoms with van der Waals surface area (Å²) in [4.78, 5) is 23.9. The molecule has 0 atom stereocenters. The number of anilines is 1. The molecule has 0 aromatic heterocycles. The third kappa shape index (κ3) is 4.68. The van der Waals surface area contributed by atoms with E-state index in [0.29, 0.717) is 24.1 Å². The van der Waals surface area contributed by atoms with E-state index in [-0.39, 0.29) is 41.3 Å². The summed E-state index contributed by atoms with van der Waals surface area (Å²) in [5.41, 5.74) is 1.02. The Morgan fingerprint density at radius 3 is 2.47 bits per heavy atom. The summed E-state index contributed by atoms with van der Waals surface area (Å²) in [7, 11) is -2.63. The molecule has 1 N–H and O–H groups in total. The summed E-state index contributed by atoms with van der Waals surface area (Å²) in [6, 6.07) is 10.0. The standard InChI is InChI=1S/C21H23FN2O5S/c1-14(25)16-4-3-5-18(12-16)23-21(26)15-8-10-24(11-9-15)30(27,28)20-13-17(22)6-7-19(20)29-2/h3-7,12-13,15H,8-11H2,1-2H3,(H,23,26). The predicted octanol–water partition coefficient (Wildman–Crippen LogP) is 3.08. The maximum atomic E-state index is 13.6. The van der Waals surface area contributed by atoms with Crippen LogP contribution in [-0.4, -0.2) is 44.6 Å². The maximum Gasteiger partial charge on any atom is 0.246 e. The molecule has 1 saturated heterocycles. The Bertz CT molecular complexity index is 1060. The van der Waals surface area contributed by atoms with Crippen LogP contribution in [0.3, 0.4) is 0 Å². The van der Waals surface area contributed by atoms with Gasteiger partial charge in [0.2, 0.25) is 15.9 Å². The van der Waals surface area contributed by atoms with Crippen LogP contribution in [0.25, 0.3) is 0 Å². The molecule has 7 nitrogen and oxygen atoms in total. The number of hydrogen-bond donors (Lipinski definition) is 1. The van der Waals surface area contributed by atoms with Crippen molar-refractivity contribution in [3.8, 4) is 5.75 Å². The number of carbonyl (C=O) groups excluding carboxylic acids is 2. The number of nitrogens with zero attached hydrogens (tertiary/aromatic N) is 1. The number of piperidine rings is 1. The van der Waals surface area contributed by atoms with Gasteiger partial charge in [0, 0.05) is 30.3 Å². The van der Waals surface area contributed by atoms with Crippen LogP contribution in [0.5, 0.6) is 5.75 Å². The van der Waals surface area contributed by atoms with E-state index in [1.807, 2.05) is 0 Å². The third-order valence-electron chi connectivity index (χ3n) is 5.10. The van der Waals surface area contributed by atoms with Gasteiger partial charge in [-0.25, -0.2) is 12.8 Å².